The van der Waals surface area contributed by atoms with Crippen molar-refractivity contribution in [3.8, 4) is 5.75 Å². The van der Waals surface area contributed by atoms with Crippen LogP contribution < -0.4 is 15.4 Å². The van der Waals surface area contributed by atoms with E-state index in [1.807, 2.05) is 24.3 Å². The van der Waals surface area contributed by atoms with E-state index in [1.54, 1.807) is 19.2 Å². The van der Waals surface area contributed by atoms with Gasteiger partial charge in [-0.2, -0.15) is 0 Å². The van der Waals surface area contributed by atoms with Gasteiger partial charge >= 0.3 is 0 Å². The van der Waals surface area contributed by atoms with Gasteiger partial charge in [-0.3, -0.25) is 9.59 Å². The summed E-state index contributed by atoms with van der Waals surface area (Å²) in [4.78, 5) is 24.9. The number of amides is 2. The molecule has 0 radical (unpaired) electrons. The third-order valence-electron chi connectivity index (χ3n) is 4.60. The van der Waals surface area contributed by atoms with Gasteiger partial charge in [0.15, 0.2) is 0 Å². The standard InChI is InChI=1S/C20H21FN2O3/c1-26-17-8-4-15(5-9-17)13-23-19(25)20(10-11-20)18(24)22-12-14-2-6-16(21)7-3-14/h2-9H,10-13H2,1H3,(H,22,24)(H,23,25). The number of nitrogens with one attached hydrogen (secondary N) is 2. The van der Waals surface area contributed by atoms with Crippen molar-refractivity contribution < 1.29 is 18.7 Å². The molecule has 0 bridgehead atoms. The number of rotatable bonds is 7. The van der Waals surface area contributed by atoms with Gasteiger partial charge in [-0.25, -0.2) is 4.39 Å². The minimum atomic E-state index is -0.980. The summed E-state index contributed by atoms with van der Waals surface area (Å²) in [7, 11) is 1.60. The molecule has 1 aliphatic rings. The molecule has 1 aliphatic carbocycles. The molecule has 0 saturated heterocycles. The van der Waals surface area contributed by atoms with E-state index in [0.717, 1.165) is 16.9 Å². The van der Waals surface area contributed by atoms with Gasteiger partial charge in [0.25, 0.3) is 0 Å². The van der Waals surface area contributed by atoms with Gasteiger partial charge in [0.2, 0.25) is 11.8 Å². The lowest BCUT2D eigenvalue weighted by molar-refractivity contribution is -0.137. The third-order valence-corrected chi connectivity index (χ3v) is 4.60. The number of carbonyl (C=O) groups is 2. The quantitative estimate of drug-likeness (QED) is 0.749. The average molecular weight is 356 g/mol. The molecule has 2 amide bonds. The zero-order valence-corrected chi connectivity index (χ0v) is 14.5. The van der Waals surface area contributed by atoms with Crippen LogP contribution in [0.15, 0.2) is 48.5 Å². The minimum Gasteiger partial charge on any atom is -0.497 e. The molecular weight excluding hydrogens is 335 g/mol. The fourth-order valence-electron chi connectivity index (χ4n) is 2.73. The van der Waals surface area contributed by atoms with E-state index in [0.29, 0.717) is 19.4 Å². The van der Waals surface area contributed by atoms with Crippen molar-refractivity contribution in [3.63, 3.8) is 0 Å². The van der Waals surface area contributed by atoms with Gasteiger partial charge in [-0.05, 0) is 48.2 Å². The lowest BCUT2D eigenvalue weighted by atomic mass is 10.0. The summed E-state index contributed by atoms with van der Waals surface area (Å²) in [5, 5.41) is 5.61. The summed E-state index contributed by atoms with van der Waals surface area (Å²) in [5.74, 6) is -0.116. The highest BCUT2D eigenvalue weighted by atomic mass is 19.1. The van der Waals surface area contributed by atoms with Crippen molar-refractivity contribution in [3.05, 3.63) is 65.5 Å². The van der Waals surface area contributed by atoms with Gasteiger partial charge in [0, 0.05) is 13.1 Å². The van der Waals surface area contributed by atoms with Gasteiger partial charge in [-0.15, -0.1) is 0 Å². The highest BCUT2D eigenvalue weighted by Crippen LogP contribution is 2.46. The Bertz CT molecular complexity index is 784. The maximum atomic E-state index is 12.9. The Hall–Kier alpha value is -2.89. The first kappa shape index (κ1) is 17.9. The summed E-state index contributed by atoms with van der Waals surface area (Å²) in [6.45, 7) is 0.627. The highest BCUT2D eigenvalue weighted by Gasteiger charge is 2.56. The molecule has 0 unspecified atom stereocenters. The Morgan fingerprint density at radius 2 is 1.38 bits per heavy atom. The molecular formula is C20H21FN2O3. The van der Waals surface area contributed by atoms with Crippen molar-refractivity contribution in [2.24, 2.45) is 5.41 Å². The molecule has 5 nitrogen and oxygen atoms in total. The van der Waals surface area contributed by atoms with E-state index < -0.39 is 5.41 Å². The Kier molecular flexibility index (Phi) is 5.21. The molecule has 2 N–H and O–H groups in total. The van der Waals surface area contributed by atoms with E-state index in [9.17, 15) is 14.0 Å². The molecule has 0 aromatic heterocycles. The summed E-state index contributed by atoms with van der Waals surface area (Å²) in [6.07, 6.45) is 1.08. The monoisotopic (exact) mass is 356 g/mol. The Labute approximate surface area is 151 Å². The minimum absolute atomic E-state index is 0.259. The zero-order chi connectivity index (χ0) is 18.6. The Balaban J connectivity index is 1.52. The molecule has 26 heavy (non-hydrogen) atoms. The van der Waals surface area contributed by atoms with Crippen LogP contribution in [0, 0.1) is 11.2 Å². The zero-order valence-electron chi connectivity index (χ0n) is 14.5. The highest BCUT2D eigenvalue weighted by molar-refractivity contribution is 6.07. The SMILES string of the molecule is COc1ccc(CNC(=O)C2(C(=O)NCc3ccc(F)cc3)CC2)cc1. The van der Waals surface area contributed by atoms with Crippen molar-refractivity contribution >= 4 is 11.8 Å². The van der Waals surface area contributed by atoms with Crippen molar-refractivity contribution in [2.75, 3.05) is 7.11 Å². The number of hydrogen-bond acceptors (Lipinski definition) is 3. The van der Waals surface area contributed by atoms with E-state index in [4.69, 9.17) is 4.74 Å². The third kappa shape index (κ3) is 4.02. The largest absolute Gasteiger partial charge is 0.497 e. The molecule has 0 heterocycles. The lowest BCUT2D eigenvalue weighted by Gasteiger charge is -2.15. The predicted molar refractivity (Wildman–Crippen MR) is 94.8 cm³/mol. The topological polar surface area (TPSA) is 67.4 Å². The van der Waals surface area contributed by atoms with Gasteiger partial charge in [-0.1, -0.05) is 24.3 Å². The van der Waals surface area contributed by atoms with Crippen LogP contribution in [0.25, 0.3) is 0 Å². The number of methoxy groups -OCH3 is 1. The second-order valence-electron chi connectivity index (χ2n) is 6.42. The molecule has 136 valence electrons. The van der Waals surface area contributed by atoms with Crippen LogP contribution in [0.5, 0.6) is 5.75 Å². The number of carbonyl (C=O) groups excluding carboxylic acids is 2. The molecule has 3 rings (SSSR count). The van der Waals surface area contributed by atoms with E-state index >= 15 is 0 Å². The van der Waals surface area contributed by atoms with Crippen LogP contribution in [0.1, 0.15) is 24.0 Å². The maximum Gasteiger partial charge on any atom is 0.235 e. The van der Waals surface area contributed by atoms with Crippen LogP contribution in [-0.2, 0) is 22.7 Å². The number of benzene rings is 2. The van der Waals surface area contributed by atoms with Crippen molar-refractivity contribution in [1.29, 1.82) is 0 Å². The Morgan fingerprint density at radius 1 is 0.923 bits per heavy atom. The Morgan fingerprint density at radius 3 is 1.81 bits per heavy atom. The van der Waals surface area contributed by atoms with Crippen LogP contribution in [0.3, 0.4) is 0 Å². The summed E-state index contributed by atoms with van der Waals surface area (Å²) < 4.78 is 18.0. The summed E-state index contributed by atoms with van der Waals surface area (Å²) in [6, 6.07) is 13.3. The fraction of sp³-hybridized carbons (Fsp3) is 0.300. The second-order valence-corrected chi connectivity index (χ2v) is 6.42. The fourth-order valence-corrected chi connectivity index (χ4v) is 2.73. The van der Waals surface area contributed by atoms with Gasteiger partial charge < -0.3 is 15.4 Å². The van der Waals surface area contributed by atoms with Crippen molar-refractivity contribution in [2.45, 2.75) is 25.9 Å². The van der Waals surface area contributed by atoms with Crippen LogP contribution in [-0.4, -0.2) is 18.9 Å². The molecule has 0 atom stereocenters. The van der Waals surface area contributed by atoms with Gasteiger partial charge in [0.05, 0.1) is 7.11 Å². The maximum absolute atomic E-state index is 12.9. The number of ether oxygens (including phenoxy) is 1. The first-order valence-corrected chi connectivity index (χ1v) is 8.47. The molecule has 2 aromatic carbocycles. The number of hydrogen-bond donors (Lipinski definition) is 2. The molecule has 2 aromatic rings. The lowest BCUT2D eigenvalue weighted by Crippen LogP contribution is -2.42. The average Bonchev–Trinajstić information content (AvgIpc) is 3.48. The molecule has 0 aliphatic heterocycles. The first-order chi connectivity index (χ1) is 12.5. The van der Waals surface area contributed by atoms with Gasteiger partial charge in [0.1, 0.15) is 17.0 Å². The van der Waals surface area contributed by atoms with E-state index in [1.165, 1.54) is 12.1 Å². The normalized spacial score (nSPS) is 14.4. The first-order valence-electron chi connectivity index (χ1n) is 8.47. The summed E-state index contributed by atoms with van der Waals surface area (Å²) in [5.41, 5.74) is 0.739. The van der Waals surface area contributed by atoms with Crippen LogP contribution >= 0.6 is 0 Å². The van der Waals surface area contributed by atoms with Crippen LogP contribution in [0.2, 0.25) is 0 Å². The molecule has 1 saturated carbocycles. The molecule has 0 spiro atoms. The second kappa shape index (κ2) is 7.56. The smallest absolute Gasteiger partial charge is 0.235 e. The number of halogens is 1. The van der Waals surface area contributed by atoms with Crippen LogP contribution in [0.4, 0.5) is 4.39 Å². The molecule has 1 fully saturated rings. The van der Waals surface area contributed by atoms with Crippen molar-refractivity contribution in [1.82, 2.24) is 10.6 Å². The predicted octanol–water partition coefficient (Wildman–Crippen LogP) is 2.55. The van der Waals surface area contributed by atoms with E-state index in [-0.39, 0.29) is 24.2 Å². The van der Waals surface area contributed by atoms with E-state index in [2.05, 4.69) is 10.6 Å². The summed E-state index contributed by atoms with van der Waals surface area (Å²) >= 11 is 0. The molecule has 6 heteroatoms.